The van der Waals surface area contributed by atoms with E-state index in [1.165, 1.54) is 0 Å². The van der Waals surface area contributed by atoms with E-state index in [1.807, 2.05) is 18.2 Å². The molecule has 1 aromatic heterocycles. The molecule has 0 aliphatic carbocycles. The number of aromatic nitrogens is 1. The third-order valence-corrected chi connectivity index (χ3v) is 6.16. The topological polar surface area (TPSA) is 90.4 Å². The van der Waals surface area contributed by atoms with E-state index in [0.29, 0.717) is 43.6 Å². The Kier molecular flexibility index (Phi) is 5.57. The third kappa shape index (κ3) is 3.95. The van der Waals surface area contributed by atoms with Gasteiger partial charge in [0, 0.05) is 38.5 Å². The second-order valence-electron chi connectivity index (χ2n) is 8.15. The molecule has 0 spiro atoms. The molecular weight excluding hydrogens is 414 g/mol. The van der Waals surface area contributed by atoms with E-state index in [9.17, 15) is 9.59 Å². The van der Waals surface area contributed by atoms with Crippen molar-refractivity contribution in [1.82, 2.24) is 14.8 Å². The number of pyridine rings is 1. The smallest absolute Gasteiger partial charge is 0.231 e. The number of nitrogens with zero attached hydrogens (tertiary/aromatic N) is 3. The SMILES string of the molecule is CN1C(=O)C[C@@H](C(=O)N2CCOC(COc3ccc4c(c3)OCO4)C2)[C@@H]1c1cccnc1. The van der Waals surface area contributed by atoms with Crippen molar-refractivity contribution in [3.8, 4) is 17.2 Å². The number of carbonyl (C=O) groups is 2. The minimum absolute atomic E-state index is 0.0341. The van der Waals surface area contributed by atoms with Crippen molar-refractivity contribution < 1.29 is 28.5 Å². The Bertz CT molecular complexity index is 1000. The van der Waals surface area contributed by atoms with Crippen LogP contribution >= 0.6 is 0 Å². The molecule has 0 bridgehead atoms. The summed E-state index contributed by atoms with van der Waals surface area (Å²) >= 11 is 0. The van der Waals surface area contributed by atoms with Gasteiger partial charge in [-0.05, 0) is 23.8 Å². The van der Waals surface area contributed by atoms with Crippen molar-refractivity contribution in [2.24, 2.45) is 5.92 Å². The predicted molar refractivity (Wildman–Crippen MR) is 112 cm³/mol. The molecule has 9 heteroatoms. The Morgan fingerprint density at radius 3 is 2.97 bits per heavy atom. The monoisotopic (exact) mass is 439 g/mol. The van der Waals surface area contributed by atoms with Crippen LogP contribution < -0.4 is 14.2 Å². The molecule has 2 fully saturated rings. The van der Waals surface area contributed by atoms with Crippen LogP contribution in [0.15, 0.2) is 42.7 Å². The van der Waals surface area contributed by atoms with Crippen LogP contribution in [0, 0.1) is 5.92 Å². The molecule has 9 nitrogen and oxygen atoms in total. The lowest BCUT2D eigenvalue weighted by atomic mass is 9.93. The van der Waals surface area contributed by atoms with Crippen molar-refractivity contribution in [1.29, 1.82) is 0 Å². The molecule has 3 atom stereocenters. The molecule has 2 saturated heterocycles. The molecule has 2 aromatic rings. The lowest BCUT2D eigenvalue weighted by molar-refractivity contribution is -0.145. The summed E-state index contributed by atoms with van der Waals surface area (Å²) in [5.74, 6) is 1.50. The number of morpholine rings is 1. The Morgan fingerprint density at radius 2 is 2.12 bits per heavy atom. The van der Waals surface area contributed by atoms with E-state index in [4.69, 9.17) is 18.9 Å². The van der Waals surface area contributed by atoms with Gasteiger partial charge >= 0.3 is 0 Å². The highest BCUT2D eigenvalue weighted by molar-refractivity contribution is 5.90. The van der Waals surface area contributed by atoms with E-state index in [1.54, 1.807) is 41.4 Å². The van der Waals surface area contributed by atoms with Crippen molar-refractivity contribution in [2.45, 2.75) is 18.6 Å². The number of rotatable bonds is 5. The summed E-state index contributed by atoms with van der Waals surface area (Å²) in [5, 5.41) is 0. The molecule has 0 saturated carbocycles. The maximum atomic E-state index is 13.4. The minimum Gasteiger partial charge on any atom is -0.491 e. The molecular formula is C23H25N3O6. The van der Waals surface area contributed by atoms with Gasteiger partial charge in [0.25, 0.3) is 0 Å². The van der Waals surface area contributed by atoms with E-state index in [2.05, 4.69) is 4.98 Å². The number of ether oxygens (including phenoxy) is 4. The van der Waals surface area contributed by atoms with Gasteiger partial charge in [0.1, 0.15) is 18.5 Å². The summed E-state index contributed by atoms with van der Waals surface area (Å²) in [6.07, 6.45) is 3.35. The zero-order valence-electron chi connectivity index (χ0n) is 17.8. The molecule has 2 amide bonds. The van der Waals surface area contributed by atoms with Crippen molar-refractivity contribution in [3.63, 3.8) is 0 Å². The van der Waals surface area contributed by atoms with E-state index in [0.717, 1.165) is 5.56 Å². The fourth-order valence-corrected chi connectivity index (χ4v) is 4.51. The highest BCUT2D eigenvalue weighted by Gasteiger charge is 2.45. The van der Waals surface area contributed by atoms with E-state index >= 15 is 0 Å². The van der Waals surface area contributed by atoms with Crippen LogP contribution in [-0.4, -0.2) is 72.8 Å². The van der Waals surface area contributed by atoms with Crippen LogP contribution in [0.25, 0.3) is 0 Å². The second-order valence-corrected chi connectivity index (χ2v) is 8.15. The third-order valence-electron chi connectivity index (χ3n) is 6.16. The standard InChI is InChI=1S/C23H25N3O6/c1-25-21(27)10-18(22(25)15-3-2-6-24-11-15)23(28)26-7-8-29-17(12-26)13-30-16-4-5-19-20(9-16)32-14-31-19/h2-6,9,11,17-18,22H,7-8,10,12-14H2,1H3/t17?,18-,22+/m1/s1. The van der Waals surface area contributed by atoms with Gasteiger partial charge in [-0.1, -0.05) is 6.07 Å². The number of hydrogen-bond acceptors (Lipinski definition) is 7. The second kappa shape index (κ2) is 8.66. The van der Waals surface area contributed by atoms with Crippen molar-refractivity contribution >= 4 is 11.8 Å². The number of amides is 2. The molecule has 168 valence electrons. The van der Waals surface area contributed by atoms with E-state index in [-0.39, 0.29) is 37.2 Å². The van der Waals surface area contributed by atoms with E-state index < -0.39 is 5.92 Å². The number of likely N-dealkylation sites (tertiary alicyclic amines) is 1. The zero-order valence-corrected chi connectivity index (χ0v) is 17.8. The first-order chi connectivity index (χ1) is 15.6. The molecule has 0 radical (unpaired) electrons. The lowest BCUT2D eigenvalue weighted by Gasteiger charge is -2.35. The molecule has 1 aromatic carbocycles. The van der Waals surface area contributed by atoms with Gasteiger partial charge in [0.2, 0.25) is 18.6 Å². The van der Waals surface area contributed by atoms with Crippen molar-refractivity contribution in [3.05, 3.63) is 48.3 Å². The number of benzene rings is 1. The Labute approximate surface area is 185 Å². The molecule has 3 aliphatic heterocycles. The maximum absolute atomic E-state index is 13.4. The normalized spacial score (nSPS) is 24.7. The summed E-state index contributed by atoms with van der Waals surface area (Å²) in [6, 6.07) is 8.83. The number of hydrogen-bond donors (Lipinski definition) is 0. The summed E-state index contributed by atoms with van der Waals surface area (Å²) < 4.78 is 22.4. The summed E-state index contributed by atoms with van der Waals surface area (Å²) in [7, 11) is 1.74. The molecule has 1 unspecified atom stereocenters. The van der Waals surface area contributed by atoms with Gasteiger partial charge in [0.15, 0.2) is 11.5 Å². The maximum Gasteiger partial charge on any atom is 0.231 e. The van der Waals surface area contributed by atoms with Crippen LogP contribution in [0.2, 0.25) is 0 Å². The first-order valence-corrected chi connectivity index (χ1v) is 10.7. The van der Waals surface area contributed by atoms with Crippen LogP contribution in [0.5, 0.6) is 17.2 Å². The lowest BCUT2D eigenvalue weighted by Crippen LogP contribution is -2.50. The van der Waals surface area contributed by atoms with Gasteiger partial charge in [0.05, 0.1) is 25.1 Å². The molecule has 32 heavy (non-hydrogen) atoms. The Morgan fingerprint density at radius 1 is 1.25 bits per heavy atom. The quantitative estimate of drug-likeness (QED) is 0.700. The van der Waals surface area contributed by atoms with Gasteiger partial charge in [-0.15, -0.1) is 0 Å². The number of carbonyl (C=O) groups excluding carboxylic acids is 2. The zero-order chi connectivity index (χ0) is 22.1. The predicted octanol–water partition coefficient (Wildman–Crippen LogP) is 1.64. The van der Waals surface area contributed by atoms with Crippen LogP contribution in [0.3, 0.4) is 0 Å². The minimum atomic E-state index is -0.440. The van der Waals surface area contributed by atoms with Gasteiger partial charge in [-0.3, -0.25) is 14.6 Å². The molecule has 3 aliphatic rings. The average molecular weight is 439 g/mol. The first kappa shape index (κ1) is 20.6. The van der Waals surface area contributed by atoms with Crippen molar-refractivity contribution in [2.75, 3.05) is 40.1 Å². The molecule has 0 N–H and O–H groups in total. The fraction of sp³-hybridized carbons (Fsp3) is 0.435. The summed E-state index contributed by atoms with van der Waals surface area (Å²) in [4.78, 5) is 33.5. The van der Waals surface area contributed by atoms with Gasteiger partial charge in [-0.25, -0.2) is 0 Å². The Balaban J connectivity index is 1.23. The summed E-state index contributed by atoms with van der Waals surface area (Å²) in [6.45, 7) is 1.85. The van der Waals surface area contributed by atoms with Gasteiger partial charge < -0.3 is 28.7 Å². The molecule has 4 heterocycles. The fourth-order valence-electron chi connectivity index (χ4n) is 4.51. The van der Waals surface area contributed by atoms with Crippen LogP contribution in [0.4, 0.5) is 0 Å². The van der Waals surface area contributed by atoms with Crippen LogP contribution in [-0.2, 0) is 14.3 Å². The van der Waals surface area contributed by atoms with Crippen LogP contribution in [0.1, 0.15) is 18.0 Å². The number of fused-ring (bicyclic) bond motifs is 1. The highest BCUT2D eigenvalue weighted by Crippen LogP contribution is 2.38. The largest absolute Gasteiger partial charge is 0.491 e. The Hall–Kier alpha value is -3.33. The summed E-state index contributed by atoms with van der Waals surface area (Å²) in [5.41, 5.74) is 0.871. The highest BCUT2D eigenvalue weighted by atomic mass is 16.7. The first-order valence-electron chi connectivity index (χ1n) is 10.7. The average Bonchev–Trinajstić information content (AvgIpc) is 3.41. The van der Waals surface area contributed by atoms with Gasteiger partial charge in [-0.2, -0.15) is 0 Å². The molecule has 5 rings (SSSR count).